The molecule has 2 nitrogen and oxygen atoms in total. The molecule has 0 saturated heterocycles. The van der Waals surface area contributed by atoms with E-state index in [4.69, 9.17) is 16.3 Å². The van der Waals surface area contributed by atoms with Crippen molar-refractivity contribution >= 4 is 17.4 Å². The zero-order valence-corrected chi connectivity index (χ0v) is 10.7. The third kappa shape index (κ3) is 3.53. The predicted molar refractivity (Wildman–Crippen MR) is 66.3 cm³/mol. The van der Waals surface area contributed by atoms with Crippen molar-refractivity contribution in [1.29, 1.82) is 0 Å². The standard InChI is InChI=1S/C13H17ClO2/c1-4-11(15)5-6-16-12-7-9(2)13(14)10(3)8-12/h7-8H,4-6H2,1-3H3. The second-order valence-electron chi connectivity index (χ2n) is 3.86. The van der Waals surface area contributed by atoms with Crippen LogP contribution in [0.4, 0.5) is 0 Å². The Hall–Kier alpha value is -1.02. The first-order valence-corrected chi connectivity index (χ1v) is 5.83. The molecule has 88 valence electrons. The van der Waals surface area contributed by atoms with Crippen molar-refractivity contribution in [3.05, 3.63) is 28.3 Å². The summed E-state index contributed by atoms with van der Waals surface area (Å²) in [5.41, 5.74) is 2.00. The summed E-state index contributed by atoms with van der Waals surface area (Å²) in [6, 6.07) is 3.79. The zero-order valence-electron chi connectivity index (χ0n) is 9.97. The molecule has 0 aliphatic rings. The minimum atomic E-state index is 0.224. The van der Waals surface area contributed by atoms with Crippen LogP contribution in [0, 0.1) is 13.8 Å². The first kappa shape index (κ1) is 13.0. The van der Waals surface area contributed by atoms with Crippen LogP contribution in [-0.2, 0) is 4.79 Å². The molecule has 0 N–H and O–H groups in total. The number of rotatable bonds is 5. The molecular formula is C13H17ClO2. The molecule has 0 spiro atoms. The number of benzene rings is 1. The summed E-state index contributed by atoms with van der Waals surface area (Å²) in [6.45, 7) is 6.19. The number of aryl methyl sites for hydroxylation is 2. The molecule has 3 heteroatoms. The number of halogens is 1. The lowest BCUT2D eigenvalue weighted by molar-refractivity contribution is -0.119. The lowest BCUT2D eigenvalue weighted by Gasteiger charge is -2.09. The number of hydrogen-bond donors (Lipinski definition) is 0. The third-order valence-corrected chi connectivity index (χ3v) is 3.05. The molecule has 0 aliphatic carbocycles. The highest BCUT2D eigenvalue weighted by molar-refractivity contribution is 6.32. The van der Waals surface area contributed by atoms with E-state index in [9.17, 15) is 4.79 Å². The van der Waals surface area contributed by atoms with E-state index < -0.39 is 0 Å². The van der Waals surface area contributed by atoms with E-state index >= 15 is 0 Å². The molecule has 0 atom stereocenters. The minimum absolute atomic E-state index is 0.224. The smallest absolute Gasteiger partial charge is 0.136 e. The third-order valence-electron chi connectivity index (χ3n) is 2.45. The van der Waals surface area contributed by atoms with Crippen LogP contribution < -0.4 is 4.74 Å². The molecule has 0 amide bonds. The van der Waals surface area contributed by atoms with Gasteiger partial charge in [-0.2, -0.15) is 0 Å². The maximum absolute atomic E-state index is 11.1. The predicted octanol–water partition coefficient (Wildman–Crippen LogP) is 3.70. The Kier molecular flexibility index (Phi) is 4.81. The van der Waals surface area contributed by atoms with E-state index in [0.29, 0.717) is 19.4 Å². The fraction of sp³-hybridized carbons (Fsp3) is 0.462. The summed E-state index contributed by atoms with van der Waals surface area (Å²) in [5, 5.41) is 0.775. The minimum Gasteiger partial charge on any atom is -0.493 e. The van der Waals surface area contributed by atoms with Gasteiger partial charge >= 0.3 is 0 Å². The van der Waals surface area contributed by atoms with E-state index in [1.807, 2.05) is 32.9 Å². The Bertz CT molecular complexity index is 363. The van der Waals surface area contributed by atoms with E-state index in [1.165, 1.54) is 0 Å². The molecule has 1 aromatic rings. The van der Waals surface area contributed by atoms with E-state index in [-0.39, 0.29) is 5.78 Å². The van der Waals surface area contributed by atoms with Gasteiger partial charge in [-0.05, 0) is 37.1 Å². The number of ether oxygens (including phenoxy) is 1. The lowest BCUT2D eigenvalue weighted by Crippen LogP contribution is -2.05. The summed E-state index contributed by atoms with van der Waals surface area (Å²) in [6.07, 6.45) is 1.04. The van der Waals surface area contributed by atoms with Gasteiger partial charge in [-0.15, -0.1) is 0 Å². The fourth-order valence-corrected chi connectivity index (χ4v) is 1.56. The second kappa shape index (κ2) is 5.90. The SMILES string of the molecule is CCC(=O)CCOc1cc(C)c(Cl)c(C)c1. The number of carbonyl (C=O) groups excluding carboxylic acids is 1. The maximum Gasteiger partial charge on any atom is 0.136 e. The van der Waals surface area contributed by atoms with Crippen molar-refractivity contribution in [3.8, 4) is 5.75 Å². The molecule has 0 fully saturated rings. The molecule has 0 aliphatic heterocycles. The van der Waals surface area contributed by atoms with Gasteiger partial charge in [0, 0.05) is 17.9 Å². The van der Waals surface area contributed by atoms with Crippen LogP contribution in [0.5, 0.6) is 5.75 Å². The van der Waals surface area contributed by atoms with Crippen LogP contribution in [0.2, 0.25) is 5.02 Å². The summed E-state index contributed by atoms with van der Waals surface area (Å²) in [5.74, 6) is 1.01. The molecule has 0 saturated carbocycles. The monoisotopic (exact) mass is 240 g/mol. The van der Waals surface area contributed by atoms with E-state index in [0.717, 1.165) is 21.9 Å². The first-order valence-electron chi connectivity index (χ1n) is 5.45. The van der Waals surface area contributed by atoms with Gasteiger partial charge < -0.3 is 4.74 Å². The number of hydrogen-bond acceptors (Lipinski definition) is 2. The highest BCUT2D eigenvalue weighted by atomic mass is 35.5. The summed E-state index contributed by atoms with van der Waals surface area (Å²) >= 11 is 6.05. The molecule has 0 heterocycles. The van der Waals surface area contributed by atoms with Crippen LogP contribution in [0.3, 0.4) is 0 Å². The Morgan fingerprint density at radius 3 is 2.38 bits per heavy atom. The van der Waals surface area contributed by atoms with Gasteiger partial charge in [0.25, 0.3) is 0 Å². The van der Waals surface area contributed by atoms with Gasteiger partial charge in [0.1, 0.15) is 11.5 Å². The Labute approximate surface area is 102 Å². The van der Waals surface area contributed by atoms with E-state index in [1.54, 1.807) is 0 Å². The van der Waals surface area contributed by atoms with Crippen LogP contribution in [0.15, 0.2) is 12.1 Å². The molecule has 1 aromatic carbocycles. The quantitative estimate of drug-likeness (QED) is 0.784. The first-order chi connectivity index (χ1) is 7.54. The Morgan fingerprint density at radius 2 is 1.88 bits per heavy atom. The van der Waals surface area contributed by atoms with Gasteiger partial charge in [-0.1, -0.05) is 18.5 Å². The van der Waals surface area contributed by atoms with Crippen LogP contribution in [-0.4, -0.2) is 12.4 Å². The van der Waals surface area contributed by atoms with Crippen molar-refractivity contribution in [2.24, 2.45) is 0 Å². The van der Waals surface area contributed by atoms with Crippen molar-refractivity contribution in [2.45, 2.75) is 33.6 Å². The highest BCUT2D eigenvalue weighted by Gasteiger charge is 2.04. The molecule has 0 unspecified atom stereocenters. The van der Waals surface area contributed by atoms with Gasteiger partial charge in [0.2, 0.25) is 0 Å². The van der Waals surface area contributed by atoms with E-state index in [2.05, 4.69) is 0 Å². The summed E-state index contributed by atoms with van der Waals surface area (Å²) in [4.78, 5) is 11.1. The highest BCUT2D eigenvalue weighted by Crippen LogP contribution is 2.25. The van der Waals surface area contributed by atoms with Crippen LogP contribution >= 0.6 is 11.6 Å². The second-order valence-corrected chi connectivity index (χ2v) is 4.24. The molecule has 0 aromatic heterocycles. The zero-order chi connectivity index (χ0) is 12.1. The Balaban J connectivity index is 2.58. The molecule has 16 heavy (non-hydrogen) atoms. The Morgan fingerprint density at radius 1 is 1.31 bits per heavy atom. The number of ketones is 1. The number of Topliss-reactive ketones (excluding diaryl/α,β-unsaturated/α-hetero) is 1. The van der Waals surface area contributed by atoms with Crippen molar-refractivity contribution in [3.63, 3.8) is 0 Å². The molecule has 1 rings (SSSR count). The van der Waals surface area contributed by atoms with Crippen molar-refractivity contribution in [2.75, 3.05) is 6.61 Å². The largest absolute Gasteiger partial charge is 0.493 e. The van der Waals surface area contributed by atoms with Gasteiger partial charge in [0.05, 0.1) is 6.61 Å². The lowest BCUT2D eigenvalue weighted by atomic mass is 10.1. The normalized spacial score (nSPS) is 10.2. The number of carbonyl (C=O) groups is 1. The van der Waals surface area contributed by atoms with Gasteiger partial charge in [-0.3, -0.25) is 4.79 Å². The fourth-order valence-electron chi connectivity index (χ4n) is 1.45. The van der Waals surface area contributed by atoms with Crippen LogP contribution in [0.25, 0.3) is 0 Å². The van der Waals surface area contributed by atoms with Crippen molar-refractivity contribution in [1.82, 2.24) is 0 Å². The van der Waals surface area contributed by atoms with Crippen molar-refractivity contribution < 1.29 is 9.53 Å². The van der Waals surface area contributed by atoms with Crippen LogP contribution in [0.1, 0.15) is 30.9 Å². The maximum atomic E-state index is 11.1. The molecular weight excluding hydrogens is 224 g/mol. The average Bonchev–Trinajstić information content (AvgIpc) is 2.25. The van der Waals surface area contributed by atoms with Gasteiger partial charge in [0.15, 0.2) is 0 Å². The van der Waals surface area contributed by atoms with Gasteiger partial charge in [-0.25, -0.2) is 0 Å². The topological polar surface area (TPSA) is 26.3 Å². The molecule has 0 radical (unpaired) electrons. The molecule has 0 bridgehead atoms. The average molecular weight is 241 g/mol. The summed E-state index contributed by atoms with van der Waals surface area (Å²) in [7, 11) is 0. The summed E-state index contributed by atoms with van der Waals surface area (Å²) < 4.78 is 5.52.